The smallest absolute Gasteiger partial charge is 0.374 e. The standard InChI is InChI=1S/C21H18Cl2F3N3O3/c1-12-5-13(3-4-17(12)19(30)28-10-27-11-31-2)18-9-20(32-29-18,21(24,25)26)14-6-15(22)8-16(23)7-14/h3-8,10H,9,11H2,1-2H3,(H,27,28,30). The van der Waals surface area contributed by atoms with Gasteiger partial charge in [0.05, 0.1) is 12.1 Å². The predicted molar refractivity (Wildman–Crippen MR) is 115 cm³/mol. The second kappa shape index (κ2) is 9.48. The van der Waals surface area contributed by atoms with E-state index in [1.165, 1.54) is 31.6 Å². The number of hydrogen-bond acceptors (Lipinski definition) is 5. The van der Waals surface area contributed by atoms with Crippen molar-refractivity contribution >= 4 is 41.2 Å². The normalized spacial score (nSPS) is 18.5. The van der Waals surface area contributed by atoms with Crippen molar-refractivity contribution in [3.63, 3.8) is 0 Å². The maximum Gasteiger partial charge on any atom is 0.435 e. The van der Waals surface area contributed by atoms with E-state index < -0.39 is 24.1 Å². The Hall–Kier alpha value is -2.62. The van der Waals surface area contributed by atoms with Gasteiger partial charge >= 0.3 is 6.18 Å². The van der Waals surface area contributed by atoms with E-state index in [9.17, 15) is 18.0 Å². The highest BCUT2D eigenvalue weighted by atomic mass is 35.5. The van der Waals surface area contributed by atoms with Gasteiger partial charge in [0.25, 0.3) is 11.5 Å². The second-order valence-electron chi connectivity index (χ2n) is 7.02. The monoisotopic (exact) mass is 487 g/mol. The van der Waals surface area contributed by atoms with Crippen LogP contribution in [-0.2, 0) is 15.2 Å². The van der Waals surface area contributed by atoms with E-state index in [4.69, 9.17) is 32.8 Å². The van der Waals surface area contributed by atoms with Crippen LogP contribution < -0.4 is 5.32 Å². The number of carbonyl (C=O) groups excluding carboxylic acids is 1. The van der Waals surface area contributed by atoms with Gasteiger partial charge in [0.15, 0.2) is 0 Å². The van der Waals surface area contributed by atoms with Gasteiger partial charge in [-0.15, -0.1) is 0 Å². The summed E-state index contributed by atoms with van der Waals surface area (Å²) >= 11 is 11.8. The maximum absolute atomic E-state index is 14.1. The number of methoxy groups -OCH3 is 1. The molecule has 3 rings (SSSR count). The Bertz CT molecular complexity index is 1070. The average molecular weight is 488 g/mol. The number of oxime groups is 1. The molecule has 1 N–H and O–H groups in total. The molecule has 1 aliphatic rings. The lowest BCUT2D eigenvalue weighted by Gasteiger charge is -2.29. The molecule has 0 radical (unpaired) electrons. The van der Waals surface area contributed by atoms with Crippen molar-refractivity contribution in [1.82, 2.24) is 5.32 Å². The number of aliphatic imine (C=N–C) groups is 1. The highest BCUT2D eigenvalue weighted by Gasteiger charge is 2.62. The lowest BCUT2D eigenvalue weighted by atomic mass is 9.86. The third-order valence-electron chi connectivity index (χ3n) is 4.81. The Morgan fingerprint density at radius 1 is 1.28 bits per heavy atom. The minimum absolute atomic E-state index is 0.0495. The van der Waals surface area contributed by atoms with Crippen molar-refractivity contribution < 1.29 is 27.5 Å². The summed E-state index contributed by atoms with van der Waals surface area (Å²) in [5.74, 6) is -0.420. The Morgan fingerprint density at radius 3 is 2.56 bits per heavy atom. The van der Waals surface area contributed by atoms with Gasteiger partial charge < -0.3 is 14.9 Å². The van der Waals surface area contributed by atoms with E-state index in [-0.39, 0.29) is 28.1 Å². The van der Waals surface area contributed by atoms with Crippen LogP contribution >= 0.6 is 23.2 Å². The van der Waals surface area contributed by atoms with Gasteiger partial charge in [-0.2, -0.15) is 13.2 Å². The molecule has 0 saturated carbocycles. The SMILES string of the molecule is COC/N=C\NC(=O)c1ccc(C2=NOC(c3cc(Cl)cc(Cl)c3)(C(F)(F)F)C2)cc1C. The highest BCUT2D eigenvalue weighted by Crippen LogP contribution is 2.49. The zero-order chi connectivity index (χ0) is 23.5. The van der Waals surface area contributed by atoms with Crippen LogP contribution in [0.25, 0.3) is 0 Å². The van der Waals surface area contributed by atoms with E-state index in [2.05, 4.69) is 15.5 Å². The highest BCUT2D eigenvalue weighted by molar-refractivity contribution is 6.34. The average Bonchev–Trinajstić information content (AvgIpc) is 3.17. The van der Waals surface area contributed by atoms with E-state index in [1.807, 2.05) is 0 Å². The molecule has 1 amide bonds. The first-order valence-corrected chi connectivity index (χ1v) is 10.0. The summed E-state index contributed by atoms with van der Waals surface area (Å²) in [5, 5.41) is 6.31. The van der Waals surface area contributed by atoms with Crippen LogP contribution in [0.15, 0.2) is 46.5 Å². The number of alkyl halides is 3. The van der Waals surface area contributed by atoms with Crippen molar-refractivity contribution in [1.29, 1.82) is 0 Å². The van der Waals surface area contributed by atoms with Gasteiger partial charge in [0.1, 0.15) is 6.73 Å². The fraction of sp³-hybridized carbons (Fsp3) is 0.286. The van der Waals surface area contributed by atoms with Gasteiger partial charge in [0.2, 0.25) is 0 Å². The van der Waals surface area contributed by atoms with Gasteiger partial charge in [-0.25, -0.2) is 4.99 Å². The molecule has 0 spiro atoms. The van der Waals surface area contributed by atoms with Gasteiger partial charge in [-0.05, 0) is 48.4 Å². The topological polar surface area (TPSA) is 72.3 Å². The molecular formula is C21H18Cl2F3N3O3. The van der Waals surface area contributed by atoms with Crippen molar-refractivity contribution in [3.05, 3.63) is 68.7 Å². The van der Waals surface area contributed by atoms with Crippen molar-refractivity contribution in [2.45, 2.75) is 25.1 Å². The largest absolute Gasteiger partial charge is 0.435 e. The molecule has 2 aromatic rings. The van der Waals surface area contributed by atoms with Crippen molar-refractivity contribution in [2.24, 2.45) is 10.1 Å². The first-order chi connectivity index (χ1) is 15.1. The molecule has 0 bridgehead atoms. The molecule has 0 aromatic heterocycles. The summed E-state index contributed by atoms with van der Waals surface area (Å²) in [7, 11) is 1.46. The molecule has 1 atom stereocenters. The molecule has 1 aliphatic heterocycles. The van der Waals surface area contributed by atoms with Gasteiger partial charge in [-0.1, -0.05) is 34.4 Å². The van der Waals surface area contributed by atoms with Crippen molar-refractivity contribution in [2.75, 3.05) is 13.8 Å². The predicted octanol–water partition coefficient (Wildman–Crippen LogP) is 5.25. The number of rotatable bonds is 6. The zero-order valence-corrected chi connectivity index (χ0v) is 18.5. The summed E-state index contributed by atoms with van der Waals surface area (Å²) < 4.78 is 47.1. The van der Waals surface area contributed by atoms with Crippen molar-refractivity contribution in [3.8, 4) is 0 Å². The molecule has 1 heterocycles. The minimum atomic E-state index is -4.79. The summed E-state index contributed by atoms with van der Waals surface area (Å²) in [5.41, 5.74) is -1.62. The Labute approximate surface area is 192 Å². The first-order valence-electron chi connectivity index (χ1n) is 9.25. The number of nitrogens with zero attached hydrogens (tertiary/aromatic N) is 2. The number of aryl methyl sites for hydroxylation is 1. The molecule has 2 aromatic carbocycles. The second-order valence-corrected chi connectivity index (χ2v) is 7.89. The van der Waals surface area contributed by atoms with Crippen LogP contribution in [0.4, 0.5) is 13.2 Å². The zero-order valence-electron chi connectivity index (χ0n) is 17.0. The molecular weight excluding hydrogens is 470 g/mol. The van der Waals surface area contributed by atoms with Gasteiger partial charge in [0, 0.05) is 34.7 Å². The summed E-state index contributed by atoms with van der Waals surface area (Å²) in [6.45, 7) is 1.76. The number of nitrogens with one attached hydrogen (secondary N) is 1. The van der Waals surface area contributed by atoms with Crippen LogP contribution in [0.3, 0.4) is 0 Å². The molecule has 0 fully saturated rings. The Balaban J connectivity index is 1.87. The van der Waals surface area contributed by atoms with E-state index in [1.54, 1.807) is 13.0 Å². The van der Waals surface area contributed by atoms with Crippen LogP contribution in [0.1, 0.15) is 33.5 Å². The Kier molecular flexibility index (Phi) is 7.12. The molecule has 170 valence electrons. The first kappa shape index (κ1) is 24.0. The van der Waals surface area contributed by atoms with E-state index >= 15 is 0 Å². The van der Waals surface area contributed by atoms with Crippen LogP contribution in [0.2, 0.25) is 10.0 Å². The molecule has 32 heavy (non-hydrogen) atoms. The molecule has 6 nitrogen and oxygen atoms in total. The van der Waals surface area contributed by atoms with E-state index in [0.29, 0.717) is 16.7 Å². The quantitative estimate of drug-likeness (QED) is 0.446. The number of ether oxygens (including phenoxy) is 1. The minimum Gasteiger partial charge on any atom is -0.374 e. The van der Waals surface area contributed by atoms with E-state index in [0.717, 1.165) is 12.1 Å². The summed E-state index contributed by atoms with van der Waals surface area (Å²) in [4.78, 5) is 21.1. The molecule has 0 saturated heterocycles. The lowest BCUT2D eigenvalue weighted by Crippen LogP contribution is -2.42. The third-order valence-corrected chi connectivity index (χ3v) is 5.25. The van der Waals surface area contributed by atoms with Crippen LogP contribution in [-0.4, -0.2) is 38.0 Å². The third kappa shape index (κ3) is 4.90. The Morgan fingerprint density at radius 2 is 1.97 bits per heavy atom. The maximum atomic E-state index is 14.1. The fourth-order valence-electron chi connectivity index (χ4n) is 3.24. The summed E-state index contributed by atoms with van der Waals surface area (Å²) in [6.07, 6.45) is -4.16. The lowest BCUT2D eigenvalue weighted by molar-refractivity contribution is -0.275. The number of carbonyl (C=O) groups is 1. The number of benzene rings is 2. The number of hydrogen-bond donors (Lipinski definition) is 1. The fourth-order valence-corrected chi connectivity index (χ4v) is 3.76. The van der Waals surface area contributed by atoms with Gasteiger partial charge in [-0.3, -0.25) is 4.79 Å². The summed E-state index contributed by atoms with van der Waals surface area (Å²) in [6, 6.07) is 8.22. The molecule has 0 aliphatic carbocycles. The number of amides is 1. The molecule has 1 unspecified atom stereocenters. The molecule has 11 heteroatoms. The number of halogens is 5. The van der Waals surface area contributed by atoms with Crippen LogP contribution in [0, 0.1) is 6.92 Å². The van der Waals surface area contributed by atoms with Crippen LogP contribution in [0.5, 0.6) is 0 Å².